The van der Waals surface area contributed by atoms with E-state index in [2.05, 4.69) is 26.4 Å². The second-order valence-corrected chi connectivity index (χ2v) is 5.77. The molecule has 110 valence electrons. The van der Waals surface area contributed by atoms with Crippen LogP contribution in [0.1, 0.15) is 16.1 Å². The predicted molar refractivity (Wildman–Crippen MR) is 85.2 cm³/mol. The number of H-pyrrole nitrogens is 1. The molecule has 2 N–H and O–H groups in total. The largest absolute Gasteiger partial charge is 0.361 e. The molecule has 4 aromatic rings. The van der Waals surface area contributed by atoms with Crippen molar-refractivity contribution >= 4 is 33.1 Å². The van der Waals surface area contributed by atoms with E-state index in [0.29, 0.717) is 12.2 Å². The minimum absolute atomic E-state index is 0.169. The van der Waals surface area contributed by atoms with Crippen LogP contribution in [0.15, 0.2) is 42.2 Å². The quantitative estimate of drug-likeness (QED) is 0.607. The van der Waals surface area contributed by atoms with Crippen LogP contribution < -0.4 is 5.32 Å². The number of amides is 1. The first-order valence-electron chi connectivity index (χ1n) is 6.93. The van der Waals surface area contributed by atoms with E-state index in [4.69, 9.17) is 0 Å². The van der Waals surface area contributed by atoms with Crippen molar-refractivity contribution < 1.29 is 4.79 Å². The van der Waals surface area contributed by atoms with Crippen LogP contribution in [0, 0.1) is 0 Å². The maximum Gasteiger partial charge on any atom is 0.271 e. The van der Waals surface area contributed by atoms with Crippen molar-refractivity contribution in [1.29, 1.82) is 0 Å². The maximum absolute atomic E-state index is 12.1. The Morgan fingerprint density at radius 3 is 3.18 bits per heavy atom. The van der Waals surface area contributed by atoms with Gasteiger partial charge in [0, 0.05) is 23.6 Å². The van der Waals surface area contributed by atoms with Crippen LogP contribution in [0.3, 0.4) is 0 Å². The Morgan fingerprint density at radius 2 is 2.27 bits per heavy atom. The van der Waals surface area contributed by atoms with Gasteiger partial charge >= 0.3 is 0 Å². The van der Waals surface area contributed by atoms with Gasteiger partial charge in [-0.25, -0.2) is 9.50 Å². The molecule has 0 atom stereocenters. The first-order chi connectivity index (χ1) is 10.8. The van der Waals surface area contributed by atoms with E-state index in [-0.39, 0.29) is 5.91 Å². The topological polar surface area (TPSA) is 75.1 Å². The van der Waals surface area contributed by atoms with Gasteiger partial charge in [0.25, 0.3) is 5.91 Å². The monoisotopic (exact) mass is 311 g/mol. The maximum atomic E-state index is 12.1. The number of aromatic nitrogens is 4. The number of imidazole rings is 1. The van der Waals surface area contributed by atoms with E-state index in [1.54, 1.807) is 16.2 Å². The van der Waals surface area contributed by atoms with Crippen LogP contribution in [0.4, 0.5) is 0 Å². The Kier molecular flexibility index (Phi) is 3.12. The smallest absolute Gasteiger partial charge is 0.271 e. The fourth-order valence-corrected chi connectivity index (χ4v) is 3.09. The summed E-state index contributed by atoms with van der Waals surface area (Å²) in [6.07, 6.45) is 4.41. The minimum Gasteiger partial charge on any atom is -0.361 e. The molecule has 0 fully saturated rings. The van der Waals surface area contributed by atoms with Gasteiger partial charge in [0.2, 0.25) is 4.96 Å². The number of para-hydroxylation sites is 1. The molecule has 0 aliphatic rings. The van der Waals surface area contributed by atoms with E-state index >= 15 is 0 Å². The number of hydrogen-bond donors (Lipinski definition) is 2. The van der Waals surface area contributed by atoms with Crippen molar-refractivity contribution in [2.75, 3.05) is 6.54 Å². The summed E-state index contributed by atoms with van der Waals surface area (Å²) in [4.78, 5) is 20.3. The predicted octanol–water partition coefficient (Wildman–Crippen LogP) is 2.24. The average Bonchev–Trinajstić information content (AvgIpc) is 3.21. The van der Waals surface area contributed by atoms with Crippen LogP contribution in [-0.4, -0.2) is 32.0 Å². The van der Waals surface area contributed by atoms with Gasteiger partial charge in [0.05, 0.1) is 6.20 Å². The lowest BCUT2D eigenvalue weighted by molar-refractivity contribution is 0.0950. The third kappa shape index (κ3) is 2.25. The summed E-state index contributed by atoms with van der Waals surface area (Å²) in [6, 6.07) is 8.15. The number of hydrogen-bond acceptors (Lipinski definition) is 4. The van der Waals surface area contributed by atoms with E-state index in [9.17, 15) is 4.79 Å². The van der Waals surface area contributed by atoms with Gasteiger partial charge in [-0.15, -0.1) is 0 Å². The zero-order chi connectivity index (χ0) is 14.9. The number of rotatable bonds is 4. The zero-order valence-electron chi connectivity index (χ0n) is 11.6. The Morgan fingerprint density at radius 1 is 1.36 bits per heavy atom. The number of benzene rings is 1. The van der Waals surface area contributed by atoms with Gasteiger partial charge in [-0.05, 0) is 18.1 Å². The lowest BCUT2D eigenvalue weighted by Gasteiger charge is -2.02. The molecule has 4 rings (SSSR count). The highest BCUT2D eigenvalue weighted by molar-refractivity contribution is 7.14. The fourth-order valence-electron chi connectivity index (χ4n) is 2.49. The van der Waals surface area contributed by atoms with Crippen LogP contribution in [0.2, 0.25) is 0 Å². The van der Waals surface area contributed by atoms with Gasteiger partial charge in [-0.1, -0.05) is 29.5 Å². The third-order valence-electron chi connectivity index (χ3n) is 3.57. The van der Waals surface area contributed by atoms with Crippen LogP contribution in [0.5, 0.6) is 0 Å². The summed E-state index contributed by atoms with van der Waals surface area (Å²) in [5, 5.41) is 8.16. The summed E-state index contributed by atoms with van der Waals surface area (Å²) in [5.74, 6) is -0.169. The average molecular weight is 311 g/mol. The molecular formula is C15H13N5OS. The Labute approximate surface area is 129 Å². The van der Waals surface area contributed by atoms with E-state index in [1.807, 2.05) is 24.4 Å². The van der Waals surface area contributed by atoms with E-state index in [1.165, 1.54) is 22.3 Å². The molecule has 1 aromatic carbocycles. The molecule has 0 spiro atoms. The molecule has 3 heterocycles. The second-order valence-electron chi connectivity index (χ2n) is 4.96. The number of aromatic amines is 1. The van der Waals surface area contributed by atoms with E-state index in [0.717, 1.165) is 16.9 Å². The standard InChI is InChI=1S/C15H13N5OS/c21-14(13-8-20-15(19-13)22-9-18-20)16-6-5-10-7-17-12-4-2-1-3-11(10)12/h1-4,7-9,17H,5-6H2,(H,16,21). The van der Waals surface area contributed by atoms with Crippen molar-refractivity contribution in [2.24, 2.45) is 0 Å². The van der Waals surface area contributed by atoms with Crippen molar-refractivity contribution in [3.05, 3.63) is 53.4 Å². The fraction of sp³-hybridized carbons (Fsp3) is 0.133. The zero-order valence-corrected chi connectivity index (χ0v) is 12.4. The summed E-state index contributed by atoms with van der Waals surface area (Å²) < 4.78 is 1.61. The molecule has 7 heteroatoms. The Bertz CT molecular complexity index is 922. The molecule has 0 unspecified atom stereocenters. The molecule has 0 saturated heterocycles. The number of nitrogens with one attached hydrogen (secondary N) is 2. The lowest BCUT2D eigenvalue weighted by atomic mass is 10.1. The lowest BCUT2D eigenvalue weighted by Crippen LogP contribution is -2.25. The summed E-state index contributed by atoms with van der Waals surface area (Å²) in [6.45, 7) is 0.569. The van der Waals surface area contributed by atoms with Gasteiger partial charge in [0.15, 0.2) is 0 Å². The molecule has 6 nitrogen and oxygen atoms in total. The minimum atomic E-state index is -0.169. The Hall–Kier alpha value is -2.67. The molecule has 0 aliphatic carbocycles. The molecule has 0 saturated carbocycles. The molecule has 0 aliphatic heterocycles. The molecule has 0 radical (unpaired) electrons. The van der Waals surface area contributed by atoms with Crippen molar-refractivity contribution in [2.45, 2.75) is 6.42 Å². The van der Waals surface area contributed by atoms with Gasteiger partial charge in [0.1, 0.15) is 11.2 Å². The SMILES string of the molecule is O=C(NCCc1c[nH]c2ccccc12)c1cn2ncsc2n1. The molecule has 3 aromatic heterocycles. The highest BCUT2D eigenvalue weighted by Gasteiger charge is 2.11. The second kappa shape index (κ2) is 5.27. The number of nitrogens with zero attached hydrogens (tertiary/aromatic N) is 3. The number of fused-ring (bicyclic) bond motifs is 2. The summed E-state index contributed by atoms with van der Waals surface area (Å²) in [7, 11) is 0. The van der Waals surface area contributed by atoms with Crippen LogP contribution in [0.25, 0.3) is 15.9 Å². The highest BCUT2D eigenvalue weighted by atomic mass is 32.1. The van der Waals surface area contributed by atoms with E-state index < -0.39 is 0 Å². The Balaban J connectivity index is 1.42. The van der Waals surface area contributed by atoms with Gasteiger partial charge < -0.3 is 10.3 Å². The molecule has 22 heavy (non-hydrogen) atoms. The number of carbonyl (C=O) groups is 1. The first kappa shape index (κ1) is 13.0. The molecule has 0 bridgehead atoms. The van der Waals surface area contributed by atoms with Gasteiger partial charge in [-0.2, -0.15) is 5.10 Å². The summed E-state index contributed by atoms with van der Waals surface area (Å²) in [5.41, 5.74) is 4.41. The van der Waals surface area contributed by atoms with Crippen molar-refractivity contribution in [3.63, 3.8) is 0 Å². The summed E-state index contributed by atoms with van der Waals surface area (Å²) >= 11 is 1.41. The van der Waals surface area contributed by atoms with Crippen molar-refractivity contribution in [1.82, 2.24) is 24.9 Å². The highest BCUT2D eigenvalue weighted by Crippen LogP contribution is 2.17. The van der Waals surface area contributed by atoms with Crippen LogP contribution in [-0.2, 0) is 6.42 Å². The van der Waals surface area contributed by atoms with Crippen molar-refractivity contribution in [3.8, 4) is 0 Å². The third-order valence-corrected chi connectivity index (χ3v) is 4.26. The first-order valence-corrected chi connectivity index (χ1v) is 7.81. The van der Waals surface area contributed by atoms with Gasteiger partial charge in [-0.3, -0.25) is 4.79 Å². The normalized spacial score (nSPS) is 11.3. The number of carbonyl (C=O) groups excluding carboxylic acids is 1. The van der Waals surface area contributed by atoms with Crippen LogP contribution >= 0.6 is 11.3 Å². The molecular weight excluding hydrogens is 298 g/mol. The molecule has 1 amide bonds.